The lowest BCUT2D eigenvalue weighted by molar-refractivity contribution is -0.148. The van der Waals surface area contributed by atoms with Crippen LogP contribution in [0.25, 0.3) is 11.2 Å². The number of esters is 1. The van der Waals surface area contributed by atoms with Gasteiger partial charge < -0.3 is 19.9 Å². The molecule has 3 N–H and O–H groups in total. The zero-order valence-electron chi connectivity index (χ0n) is 21.0. The van der Waals surface area contributed by atoms with Crippen molar-refractivity contribution in [1.82, 2.24) is 24.6 Å². The highest BCUT2D eigenvalue weighted by Gasteiger charge is 2.60. The molecule has 2 aromatic heterocycles. The molecule has 3 unspecified atom stereocenters. The predicted molar refractivity (Wildman–Crippen MR) is 133 cm³/mol. The zero-order chi connectivity index (χ0) is 26.4. The molecule has 5 rings (SSSR count). The van der Waals surface area contributed by atoms with Crippen LogP contribution in [0.15, 0.2) is 6.33 Å². The summed E-state index contributed by atoms with van der Waals surface area (Å²) < 4.78 is 43.8. The van der Waals surface area contributed by atoms with E-state index >= 15 is 0 Å². The highest BCUT2D eigenvalue weighted by Crippen LogP contribution is 2.57. The van der Waals surface area contributed by atoms with Crippen molar-refractivity contribution in [2.45, 2.75) is 75.8 Å². The highest BCUT2D eigenvalue weighted by atomic mass is 35.5. The number of ether oxygens (including phenoxy) is 3. The number of hydrogen-bond donors (Lipinski definition) is 2. The summed E-state index contributed by atoms with van der Waals surface area (Å²) in [5.74, 6) is -0.00774. The fourth-order valence-electron chi connectivity index (χ4n) is 5.04. The van der Waals surface area contributed by atoms with Crippen molar-refractivity contribution in [3.8, 4) is 5.88 Å². The number of anilines is 1. The third-order valence-electron chi connectivity index (χ3n) is 6.82. The van der Waals surface area contributed by atoms with Gasteiger partial charge >= 0.3 is 13.7 Å². The first-order valence-electron chi connectivity index (χ1n) is 12.5. The van der Waals surface area contributed by atoms with E-state index in [1.165, 1.54) is 6.33 Å². The molecule has 3 aliphatic rings. The van der Waals surface area contributed by atoms with Crippen molar-refractivity contribution in [3.05, 3.63) is 6.33 Å². The molecule has 1 saturated carbocycles. The van der Waals surface area contributed by atoms with Crippen LogP contribution in [0.3, 0.4) is 0 Å². The number of hydrogen-bond acceptors (Lipinski definition) is 11. The fraction of sp³-hybridized carbons (Fsp3) is 0.727. The molecule has 1 aliphatic carbocycles. The largest absolute Gasteiger partial charge is 0.476 e. The molecule has 3 fully saturated rings. The maximum atomic E-state index is 13.5. The first kappa shape index (κ1) is 26.6. The monoisotopic (exact) mass is 558 g/mol. The molecule has 0 bridgehead atoms. The van der Waals surface area contributed by atoms with Gasteiger partial charge in [-0.15, -0.1) is 11.6 Å². The van der Waals surface area contributed by atoms with Crippen LogP contribution in [0.1, 0.15) is 52.7 Å². The van der Waals surface area contributed by atoms with Gasteiger partial charge in [0.25, 0.3) is 0 Å². The number of halogens is 1. The van der Waals surface area contributed by atoms with E-state index in [4.69, 9.17) is 40.6 Å². The second-order valence-corrected chi connectivity index (χ2v) is 12.3. The molecule has 2 saturated heterocycles. The van der Waals surface area contributed by atoms with Gasteiger partial charge in [-0.25, -0.2) is 14.6 Å². The standard InChI is InChI=1S/C22H32ClN6O7P/c1-4-32-18-15-17(26-21(24)27-18)29(11-25-15)20-22(3,23)16-14(35-20)10-34-37(31,36-16)28-12(2)9-33-19(30)13-7-5-6-8-13/h11-14,16,20H,4-10H2,1-3H3,(H,28,31)(H2,24,26,27)/t12?,14-,16?,20-,22-,37?/m1/s1. The van der Waals surface area contributed by atoms with Crippen molar-refractivity contribution in [1.29, 1.82) is 0 Å². The van der Waals surface area contributed by atoms with Crippen LogP contribution in [-0.4, -0.2) is 68.4 Å². The predicted octanol–water partition coefficient (Wildman–Crippen LogP) is 2.94. The molecule has 204 valence electrons. The Morgan fingerprint density at radius 1 is 1.41 bits per heavy atom. The number of nitrogens with one attached hydrogen (secondary N) is 1. The molecule has 0 aromatic carbocycles. The summed E-state index contributed by atoms with van der Waals surface area (Å²) in [5, 5.41) is 2.85. The van der Waals surface area contributed by atoms with E-state index in [1.807, 2.05) is 6.92 Å². The maximum Gasteiger partial charge on any atom is 0.406 e. The molecular formula is C22H32ClN6O7P. The molecule has 13 nitrogen and oxygen atoms in total. The van der Waals surface area contributed by atoms with Crippen LogP contribution in [0.5, 0.6) is 5.88 Å². The smallest absolute Gasteiger partial charge is 0.406 e. The Morgan fingerprint density at radius 3 is 2.89 bits per heavy atom. The van der Waals surface area contributed by atoms with Crippen molar-refractivity contribution in [2.75, 3.05) is 25.6 Å². The van der Waals surface area contributed by atoms with E-state index in [0.29, 0.717) is 17.8 Å². The normalized spacial score (nSPS) is 32.9. The van der Waals surface area contributed by atoms with Gasteiger partial charge in [0.15, 0.2) is 17.4 Å². The molecule has 37 heavy (non-hydrogen) atoms. The van der Waals surface area contributed by atoms with E-state index < -0.39 is 37.1 Å². The Hall–Kier alpha value is -2.02. The number of rotatable bonds is 8. The third kappa shape index (κ3) is 5.17. The van der Waals surface area contributed by atoms with E-state index in [-0.39, 0.29) is 36.9 Å². The molecule has 2 aromatic rings. The minimum atomic E-state index is -3.78. The summed E-state index contributed by atoms with van der Waals surface area (Å²) in [6.07, 6.45) is 3.11. The van der Waals surface area contributed by atoms with Gasteiger partial charge in [0.2, 0.25) is 11.8 Å². The number of carbonyl (C=O) groups excluding carboxylic acids is 1. The van der Waals surface area contributed by atoms with Crippen molar-refractivity contribution in [3.63, 3.8) is 0 Å². The summed E-state index contributed by atoms with van der Waals surface area (Å²) in [7, 11) is -3.78. The van der Waals surface area contributed by atoms with Gasteiger partial charge in [0.1, 0.15) is 23.7 Å². The Balaban J connectivity index is 1.29. The molecule has 2 aliphatic heterocycles. The second-order valence-electron chi connectivity index (χ2n) is 9.78. The lowest BCUT2D eigenvalue weighted by Crippen LogP contribution is -2.46. The maximum absolute atomic E-state index is 13.5. The molecule has 0 radical (unpaired) electrons. The van der Waals surface area contributed by atoms with Crippen LogP contribution in [0, 0.1) is 5.92 Å². The number of carbonyl (C=O) groups is 1. The number of nitrogens with zero attached hydrogens (tertiary/aromatic N) is 4. The average Bonchev–Trinajstić information content (AvgIpc) is 3.57. The summed E-state index contributed by atoms with van der Waals surface area (Å²) >= 11 is 7.00. The van der Waals surface area contributed by atoms with E-state index in [2.05, 4.69) is 20.0 Å². The lowest BCUT2D eigenvalue weighted by Gasteiger charge is -2.36. The molecular weight excluding hydrogens is 527 g/mol. The second kappa shape index (κ2) is 10.3. The fourth-order valence-corrected chi connectivity index (χ4v) is 7.25. The van der Waals surface area contributed by atoms with Crippen molar-refractivity contribution < 1.29 is 32.6 Å². The van der Waals surface area contributed by atoms with Gasteiger partial charge in [-0.1, -0.05) is 12.8 Å². The summed E-state index contributed by atoms with van der Waals surface area (Å²) in [6, 6.07) is -0.471. The number of nitrogens with two attached hydrogens (primary N) is 1. The van der Waals surface area contributed by atoms with Gasteiger partial charge in [-0.3, -0.25) is 18.4 Å². The topological polar surface area (TPSA) is 162 Å². The van der Waals surface area contributed by atoms with Gasteiger partial charge in [0, 0.05) is 6.04 Å². The lowest BCUT2D eigenvalue weighted by atomic mass is 10.0. The summed E-state index contributed by atoms with van der Waals surface area (Å²) in [5.41, 5.74) is 6.68. The first-order chi connectivity index (χ1) is 17.6. The Morgan fingerprint density at radius 2 is 2.16 bits per heavy atom. The minimum Gasteiger partial charge on any atom is -0.476 e. The molecule has 15 heteroatoms. The number of aromatic nitrogens is 4. The Labute approximate surface area is 219 Å². The van der Waals surface area contributed by atoms with Crippen molar-refractivity contribution in [2.24, 2.45) is 5.92 Å². The Bertz CT molecular complexity index is 1210. The minimum absolute atomic E-state index is 0.0142. The van der Waals surface area contributed by atoms with Crippen LogP contribution < -0.4 is 15.6 Å². The third-order valence-corrected chi connectivity index (χ3v) is 8.98. The Kier molecular flexibility index (Phi) is 7.38. The zero-order valence-corrected chi connectivity index (χ0v) is 22.6. The van der Waals surface area contributed by atoms with E-state index in [0.717, 1.165) is 25.7 Å². The molecule has 0 amide bonds. The van der Waals surface area contributed by atoms with Crippen LogP contribution in [0.4, 0.5) is 5.95 Å². The van der Waals surface area contributed by atoms with Gasteiger partial charge in [-0.2, -0.15) is 9.97 Å². The summed E-state index contributed by atoms with van der Waals surface area (Å²) in [4.78, 5) is 23.8. The van der Waals surface area contributed by atoms with Gasteiger partial charge in [-0.05, 0) is 33.6 Å². The highest BCUT2D eigenvalue weighted by molar-refractivity contribution is 7.51. The average molecular weight is 559 g/mol. The molecule has 4 heterocycles. The number of nitrogen functional groups attached to an aromatic ring is 1. The first-order valence-corrected chi connectivity index (χ1v) is 14.4. The SMILES string of the molecule is CCOc1nc(N)nc2c1ncn2[C@@H]1O[C@@H]2COP(=O)(NC(C)COC(=O)C3CCCC3)OC2[C@@]1(C)Cl. The molecule has 0 spiro atoms. The van der Waals surface area contributed by atoms with Crippen LogP contribution in [0.2, 0.25) is 0 Å². The quantitative estimate of drug-likeness (QED) is 0.277. The number of imidazole rings is 1. The molecule has 6 atom stereocenters. The number of fused-ring (bicyclic) bond motifs is 2. The van der Waals surface area contributed by atoms with Gasteiger partial charge in [0.05, 0.1) is 25.5 Å². The number of alkyl halides is 1. The van der Waals surface area contributed by atoms with Crippen LogP contribution >= 0.6 is 19.3 Å². The van der Waals surface area contributed by atoms with E-state index in [9.17, 15) is 9.36 Å². The van der Waals surface area contributed by atoms with E-state index in [1.54, 1.807) is 18.4 Å². The van der Waals surface area contributed by atoms with Crippen molar-refractivity contribution >= 4 is 42.4 Å². The van der Waals surface area contributed by atoms with Crippen LogP contribution in [-0.2, 0) is 27.9 Å². The summed E-state index contributed by atoms with van der Waals surface area (Å²) in [6.45, 7) is 5.70.